The first kappa shape index (κ1) is 15.9. The second-order valence-corrected chi connectivity index (χ2v) is 7.92. The van der Waals surface area contributed by atoms with Gasteiger partial charge in [0.2, 0.25) is 0 Å². The highest BCUT2D eigenvalue weighted by atomic mass is 32.2. The summed E-state index contributed by atoms with van der Waals surface area (Å²) in [6.45, 7) is 2.12. The van der Waals surface area contributed by atoms with Crippen molar-refractivity contribution < 1.29 is 0 Å². The Kier molecular flexibility index (Phi) is 3.96. The zero-order valence-electron chi connectivity index (χ0n) is 14.7. The van der Waals surface area contributed by atoms with Crippen LogP contribution in [0.2, 0.25) is 0 Å². The first-order valence-corrected chi connectivity index (χ1v) is 10.0. The molecule has 0 amide bonds. The Hall–Kier alpha value is -2.28. The van der Waals surface area contributed by atoms with Gasteiger partial charge in [-0.15, -0.1) is 10.2 Å². The third-order valence-electron chi connectivity index (χ3n) is 4.80. The molecule has 5 rings (SSSR count). The average molecular weight is 364 g/mol. The van der Waals surface area contributed by atoms with Gasteiger partial charge in [0.1, 0.15) is 10.9 Å². The first-order valence-electron chi connectivity index (χ1n) is 9.23. The van der Waals surface area contributed by atoms with Crippen molar-refractivity contribution in [3.8, 4) is 11.4 Å². The van der Waals surface area contributed by atoms with Gasteiger partial charge in [-0.3, -0.25) is 4.98 Å². The number of hydrogen-bond donors (Lipinski definition) is 0. The van der Waals surface area contributed by atoms with E-state index in [4.69, 9.17) is 4.98 Å². The van der Waals surface area contributed by atoms with Gasteiger partial charge in [-0.25, -0.2) is 9.97 Å². The Morgan fingerprint density at radius 2 is 1.88 bits per heavy atom. The van der Waals surface area contributed by atoms with Crippen LogP contribution in [0.25, 0.3) is 11.4 Å². The first-order chi connectivity index (χ1) is 12.8. The Morgan fingerprint density at radius 1 is 1.08 bits per heavy atom. The Morgan fingerprint density at radius 3 is 2.58 bits per heavy atom. The molecule has 2 fully saturated rings. The van der Waals surface area contributed by atoms with E-state index < -0.39 is 0 Å². The molecule has 0 N–H and O–H groups in total. The number of rotatable bonds is 6. The molecule has 0 saturated heterocycles. The summed E-state index contributed by atoms with van der Waals surface area (Å²) in [7, 11) is 0. The van der Waals surface area contributed by atoms with Crippen LogP contribution in [0.1, 0.15) is 56.1 Å². The maximum Gasteiger partial charge on any atom is 0.197 e. The molecule has 2 aliphatic carbocycles. The van der Waals surface area contributed by atoms with Crippen molar-refractivity contribution in [1.82, 2.24) is 29.7 Å². The quantitative estimate of drug-likeness (QED) is 0.615. The molecule has 3 heterocycles. The zero-order chi connectivity index (χ0) is 17.5. The van der Waals surface area contributed by atoms with Crippen LogP contribution in [0.15, 0.2) is 40.8 Å². The maximum atomic E-state index is 4.78. The highest BCUT2D eigenvalue weighted by molar-refractivity contribution is 7.99. The van der Waals surface area contributed by atoms with Gasteiger partial charge in [-0.2, -0.15) is 0 Å². The van der Waals surface area contributed by atoms with Gasteiger partial charge in [0.25, 0.3) is 0 Å². The highest BCUT2D eigenvalue weighted by Gasteiger charge is 2.36. The number of hydrogen-bond acceptors (Lipinski definition) is 6. The molecule has 26 heavy (non-hydrogen) atoms. The molecule has 0 unspecified atom stereocenters. The van der Waals surface area contributed by atoms with Gasteiger partial charge in [0.15, 0.2) is 11.0 Å². The summed E-state index contributed by atoms with van der Waals surface area (Å²) in [5.41, 5.74) is 2.02. The van der Waals surface area contributed by atoms with E-state index in [9.17, 15) is 0 Å². The third-order valence-corrected chi connectivity index (χ3v) is 5.68. The molecule has 3 aromatic heterocycles. The molecule has 2 saturated carbocycles. The van der Waals surface area contributed by atoms with Gasteiger partial charge in [-0.1, -0.05) is 6.92 Å². The van der Waals surface area contributed by atoms with E-state index in [1.165, 1.54) is 31.5 Å². The van der Waals surface area contributed by atoms with E-state index in [-0.39, 0.29) is 0 Å². The molecular weight excluding hydrogens is 344 g/mol. The van der Waals surface area contributed by atoms with Crippen LogP contribution in [0.4, 0.5) is 0 Å². The van der Waals surface area contributed by atoms with Crippen LogP contribution in [0.5, 0.6) is 0 Å². The molecule has 132 valence electrons. The smallest absolute Gasteiger partial charge is 0.197 e. The molecule has 0 aliphatic heterocycles. The number of pyridine rings is 1. The lowest BCUT2D eigenvalue weighted by atomic mass is 10.2. The molecule has 6 nitrogen and oxygen atoms in total. The molecule has 0 atom stereocenters. The fourth-order valence-corrected chi connectivity index (χ4v) is 4.02. The topological polar surface area (TPSA) is 69.4 Å². The molecular formula is C19H20N6S. The van der Waals surface area contributed by atoms with Gasteiger partial charge in [0, 0.05) is 35.6 Å². The van der Waals surface area contributed by atoms with Crippen molar-refractivity contribution >= 4 is 11.8 Å². The Balaban J connectivity index is 1.51. The summed E-state index contributed by atoms with van der Waals surface area (Å²) >= 11 is 1.61. The second-order valence-electron chi connectivity index (χ2n) is 6.93. The summed E-state index contributed by atoms with van der Waals surface area (Å²) in [4.78, 5) is 13.5. The van der Waals surface area contributed by atoms with Crippen LogP contribution in [0.3, 0.4) is 0 Å². The summed E-state index contributed by atoms with van der Waals surface area (Å²) in [5.74, 6) is 2.53. The van der Waals surface area contributed by atoms with Crippen LogP contribution in [-0.2, 0) is 6.42 Å². The summed E-state index contributed by atoms with van der Waals surface area (Å²) in [6, 6.07) is 6.54. The normalized spacial score (nSPS) is 16.8. The Labute approximate surface area is 156 Å². The third kappa shape index (κ3) is 3.11. The van der Waals surface area contributed by atoms with Crippen LogP contribution >= 0.6 is 11.8 Å². The maximum absolute atomic E-state index is 4.78. The fraction of sp³-hybridized carbons (Fsp3) is 0.421. The van der Waals surface area contributed by atoms with Gasteiger partial charge in [0.05, 0.1) is 0 Å². The summed E-state index contributed by atoms with van der Waals surface area (Å²) in [6.07, 6.45) is 9.38. The van der Waals surface area contributed by atoms with E-state index >= 15 is 0 Å². The van der Waals surface area contributed by atoms with Gasteiger partial charge in [-0.05, 0) is 62.1 Å². The van der Waals surface area contributed by atoms with E-state index in [1.54, 1.807) is 24.2 Å². The van der Waals surface area contributed by atoms with E-state index in [0.29, 0.717) is 12.0 Å². The summed E-state index contributed by atoms with van der Waals surface area (Å²) in [5, 5.41) is 10.9. The minimum absolute atomic E-state index is 0.579. The molecule has 0 radical (unpaired) electrons. The molecule has 3 aromatic rings. The van der Waals surface area contributed by atoms with E-state index in [2.05, 4.69) is 37.7 Å². The van der Waals surface area contributed by atoms with Crippen LogP contribution in [-0.4, -0.2) is 29.7 Å². The fourth-order valence-electron chi connectivity index (χ4n) is 3.08. The van der Waals surface area contributed by atoms with Crippen molar-refractivity contribution in [2.45, 2.75) is 61.2 Å². The van der Waals surface area contributed by atoms with Crippen molar-refractivity contribution in [3.05, 3.63) is 42.1 Å². The van der Waals surface area contributed by atoms with E-state index in [1.807, 2.05) is 12.1 Å². The predicted molar refractivity (Wildman–Crippen MR) is 99.0 cm³/mol. The highest BCUT2D eigenvalue weighted by Crippen LogP contribution is 2.46. The largest absolute Gasteiger partial charge is 0.302 e. The van der Waals surface area contributed by atoms with Crippen molar-refractivity contribution in [3.63, 3.8) is 0 Å². The second kappa shape index (κ2) is 6.46. The van der Waals surface area contributed by atoms with Gasteiger partial charge >= 0.3 is 0 Å². The number of aryl methyl sites for hydroxylation is 1. The molecule has 7 heteroatoms. The van der Waals surface area contributed by atoms with Gasteiger partial charge < -0.3 is 4.57 Å². The average Bonchev–Trinajstić information content (AvgIpc) is 3.61. The van der Waals surface area contributed by atoms with Crippen molar-refractivity contribution in [2.75, 3.05) is 0 Å². The van der Waals surface area contributed by atoms with Crippen molar-refractivity contribution in [2.24, 2.45) is 0 Å². The summed E-state index contributed by atoms with van der Waals surface area (Å²) < 4.78 is 2.36. The lowest BCUT2D eigenvalue weighted by molar-refractivity contribution is 0.626. The lowest BCUT2D eigenvalue weighted by Crippen LogP contribution is -2.02. The van der Waals surface area contributed by atoms with E-state index in [0.717, 1.165) is 33.7 Å². The SMILES string of the molecule is CCc1cc(Sc2nnc(C3CC3)n2C2CC2)nc(-c2ccncc2)n1. The monoisotopic (exact) mass is 364 g/mol. The minimum atomic E-state index is 0.579. The van der Waals surface area contributed by atoms with Crippen LogP contribution < -0.4 is 0 Å². The van der Waals surface area contributed by atoms with Crippen molar-refractivity contribution in [1.29, 1.82) is 0 Å². The molecule has 2 aliphatic rings. The number of aromatic nitrogens is 6. The lowest BCUT2D eigenvalue weighted by Gasteiger charge is -2.09. The zero-order valence-corrected chi connectivity index (χ0v) is 15.5. The standard InChI is InChI=1S/C19H20N6S/c1-2-14-11-16(22-17(21-14)12-7-9-20-10-8-12)26-19-24-23-18(13-3-4-13)25(19)15-5-6-15/h7-11,13,15H,2-6H2,1H3. The molecule has 0 bridgehead atoms. The predicted octanol–water partition coefficient (Wildman–Crippen LogP) is 4.06. The molecule has 0 aromatic carbocycles. The Bertz CT molecular complexity index is 930. The van der Waals surface area contributed by atoms with Crippen LogP contribution in [0, 0.1) is 0 Å². The number of nitrogens with zero attached hydrogens (tertiary/aromatic N) is 6. The molecule has 0 spiro atoms. The minimum Gasteiger partial charge on any atom is -0.302 e.